The Hall–Kier alpha value is 0.120. The maximum absolute atomic E-state index is 11.1. The zero-order chi connectivity index (χ0) is 6.73. The first-order valence-corrected chi connectivity index (χ1v) is 4.00. The van der Waals surface area contributed by atoms with Crippen LogP contribution in [0.4, 0.5) is 18.9 Å². The first-order chi connectivity index (χ1) is 3.55. The molecule has 0 spiro atoms. The molecule has 0 bridgehead atoms. The Labute approximate surface area is 50.3 Å². The molecule has 0 aromatic carbocycles. The van der Waals surface area contributed by atoms with Crippen molar-refractivity contribution < 1.29 is 18.9 Å². The monoisotopic (exact) mass is 246 g/mol. The number of hydrogen-bond donors (Lipinski definition) is 0. The van der Waals surface area contributed by atoms with E-state index < -0.39 is 30.9 Å². The summed E-state index contributed by atoms with van der Waals surface area (Å²) in [6.07, 6.45) is -2.89. The Kier molecular flexibility index (Phi) is 3.25. The van der Waals surface area contributed by atoms with E-state index in [1.165, 1.54) is 0 Å². The summed E-state index contributed by atoms with van der Waals surface area (Å²) >= 11 is -5.01. The fourth-order valence-electron chi connectivity index (χ4n) is 0.0540. The third kappa shape index (κ3) is 2.43. The average Bonchev–Trinajstić information content (AvgIpc) is 1.64. The van der Waals surface area contributed by atoms with E-state index in [1.54, 1.807) is 0 Å². The van der Waals surface area contributed by atoms with Gasteiger partial charge in [-0.1, -0.05) is 0 Å². The number of hydrogen-bond acceptors (Lipinski definition) is 0. The predicted octanol–water partition coefficient (Wildman–Crippen LogP) is 3.30. The molecule has 0 nitrogen and oxygen atoms in total. The summed E-state index contributed by atoms with van der Waals surface area (Å²) in [7, 11) is 0. The molecule has 0 radical (unpaired) electrons. The molecule has 0 unspecified atom stereocenters. The van der Waals surface area contributed by atoms with E-state index in [9.17, 15) is 18.9 Å². The van der Waals surface area contributed by atoms with Gasteiger partial charge in [0, 0.05) is 0 Å². The third-order valence-corrected chi connectivity index (χ3v) is 1.39. The molecule has 0 aliphatic carbocycles. The molecule has 0 aliphatic rings. The fourth-order valence-corrected chi connectivity index (χ4v) is 0.362. The average molecular weight is 246 g/mol. The zero-order valence-electron chi connectivity index (χ0n) is 3.27. The van der Waals surface area contributed by atoms with Crippen molar-refractivity contribution in [1.82, 2.24) is 0 Å². The van der Waals surface area contributed by atoms with Gasteiger partial charge in [-0.2, -0.15) is 0 Å². The third-order valence-electron chi connectivity index (χ3n) is 0.268. The Morgan fingerprint density at radius 1 is 1.00 bits per heavy atom. The summed E-state index contributed by atoms with van der Waals surface area (Å²) in [6.45, 7) is 0. The van der Waals surface area contributed by atoms with Gasteiger partial charge in [-0.15, -0.1) is 0 Å². The van der Waals surface area contributed by atoms with Crippen molar-refractivity contribution in [2.24, 2.45) is 0 Å². The van der Waals surface area contributed by atoms with Crippen molar-refractivity contribution in [2.45, 2.75) is 0 Å². The molecule has 8 heavy (non-hydrogen) atoms. The molecule has 50 valence electrons. The normalized spacial score (nSPS) is 10.9. The molecule has 0 saturated heterocycles. The summed E-state index contributed by atoms with van der Waals surface area (Å²) in [5, 5.41) is 0. The second-order valence-corrected chi connectivity index (χ2v) is 2.79. The molecule has 0 fully saturated rings. The van der Waals surface area contributed by atoms with Gasteiger partial charge in [0.25, 0.3) is 0 Å². The van der Waals surface area contributed by atoms with E-state index in [4.69, 9.17) is 0 Å². The van der Waals surface area contributed by atoms with Crippen LogP contribution in [-0.2, 0) is 0 Å². The van der Waals surface area contributed by atoms with Crippen LogP contribution in [0.25, 0.3) is 0 Å². The van der Waals surface area contributed by atoms with Gasteiger partial charge in [-0.25, -0.2) is 0 Å². The van der Waals surface area contributed by atoms with Gasteiger partial charge in [-0.3, -0.25) is 0 Å². The van der Waals surface area contributed by atoms with Crippen LogP contribution in [-0.4, -0.2) is 0 Å². The molecule has 0 aromatic rings. The van der Waals surface area contributed by atoms with Crippen LogP contribution in [0.1, 0.15) is 0 Å². The van der Waals surface area contributed by atoms with E-state index >= 15 is 0 Å². The second-order valence-electron chi connectivity index (χ2n) is 0.718. The number of rotatable bonds is 1. The molecule has 0 rings (SSSR count). The molecule has 0 aliphatic heterocycles. The summed E-state index contributed by atoms with van der Waals surface area (Å²) in [6, 6.07) is 0. The minimum absolute atomic E-state index is 2.49. The SMILES string of the molecule is FC(F)=C(F)I(F)F. The Balaban J connectivity index is 4.00. The van der Waals surface area contributed by atoms with Crippen molar-refractivity contribution >= 4 is 21.0 Å². The Morgan fingerprint density at radius 3 is 1.38 bits per heavy atom. The van der Waals surface area contributed by atoms with Crippen LogP contribution in [0, 0.1) is 0 Å². The van der Waals surface area contributed by atoms with Crippen LogP contribution in [0.15, 0.2) is 9.91 Å². The van der Waals surface area contributed by atoms with Crippen LogP contribution in [0.3, 0.4) is 0 Å². The molecular weight excluding hydrogens is 246 g/mol. The summed E-state index contributed by atoms with van der Waals surface area (Å²) in [5.74, 6) is 0. The van der Waals surface area contributed by atoms with Crippen molar-refractivity contribution in [3.8, 4) is 0 Å². The molecule has 0 N–H and O–H groups in total. The van der Waals surface area contributed by atoms with E-state index in [0.717, 1.165) is 0 Å². The van der Waals surface area contributed by atoms with Gasteiger partial charge in [0.05, 0.1) is 0 Å². The van der Waals surface area contributed by atoms with Gasteiger partial charge >= 0.3 is 49.8 Å². The van der Waals surface area contributed by atoms with Gasteiger partial charge < -0.3 is 0 Å². The minimum atomic E-state index is -5.01. The first kappa shape index (κ1) is 8.12. The molecule has 0 aromatic heterocycles. The Morgan fingerprint density at radius 2 is 1.38 bits per heavy atom. The number of halogens is 6. The Bertz CT molecular complexity index is 103. The fraction of sp³-hybridized carbons (Fsp3) is 0. The van der Waals surface area contributed by atoms with Gasteiger partial charge in [0.2, 0.25) is 0 Å². The van der Waals surface area contributed by atoms with E-state index in [-0.39, 0.29) is 0 Å². The summed E-state index contributed by atoms with van der Waals surface area (Å²) in [5.41, 5.74) is 0. The standard InChI is InChI=1S/C2F5I/c3-1(4)2(5)8(6)7. The van der Waals surface area contributed by atoms with Gasteiger partial charge in [0.1, 0.15) is 0 Å². The summed E-state index contributed by atoms with van der Waals surface area (Å²) in [4.78, 5) is 0. The van der Waals surface area contributed by atoms with Gasteiger partial charge in [0.15, 0.2) is 0 Å². The molecule has 0 atom stereocenters. The predicted molar refractivity (Wildman–Crippen MR) is 26.6 cm³/mol. The quantitative estimate of drug-likeness (QED) is 0.491. The molecule has 0 saturated carbocycles. The van der Waals surface area contributed by atoms with Gasteiger partial charge in [-0.05, 0) is 0 Å². The van der Waals surface area contributed by atoms with Crippen LogP contribution >= 0.6 is 21.0 Å². The summed E-state index contributed by atoms with van der Waals surface area (Å²) < 4.78 is 51.9. The van der Waals surface area contributed by atoms with Crippen molar-refractivity contribution in [1.29, 1.82) is 0 Å². The topological polar surface area (TPSA) is 0 Å². The first-order valence-electron chi connectivity index (χ1n) is 1.29. The molecule has 6 heteroatoms. The van der Waals surface area contributed by atoms with Crippen LogP contribution in [0.2, 0.25) is 0 Å². The van der Waals surface area contributed by atoms with Crippen molar-refractivity contribution in [2.75, 3.05) is 0 Å². The van der Waals surface area contributed by atoms with E-state index in [0.29, 0.717) is 0 Å². The van der Waals surface area contributed by atoms with Crippen LogP contribution in [0.5, 0.6) is 0 Å². The van der Waals surface area contributed by atoms with Crippen molar-refractivity contribution in [3.63, 3.8) is 0 Å². The molecular formula is C2F5I. The molecule has 0 amide bonds. The molecule has 0 heterocycles. The van der Waals surface area contributed by atoms with E-state index in [1.807, 2.05) is 0 Å². The van der Waals surface area contributed by atoms with E-state index in [2.05, 4.69) is 0 Å². The zero-order valence-corrected chi connectivity index (χ0v) is 5.43. The maximum atomic E-state index is 11.1. The van der Waals surface area contributed by atoms with Crippen molar-refractivity contribution in [3.05, 3.63) is 9.91 Å². The second kappa shape index (κ2) is 3.21. The van der Waals surface area contributed by atoms with Crippen LogP contribution < -0.4 is 0 Å².